The molecule has 0 aliphatic carbocycles. The average molecular weight is 373 g/mol. The van der Waals surface area contributed by atoms with Gasteiger partial charge in [0.1, 0.15) is 18.6 Å². The van der Waals surface area contributed by atoms with Crippen LogP contribution in [-0.2, 0) is 20.9 Å². The van der Waals surface area contributed by atoms with E-state index >= 15 is 0 Å². The highest BCUT2D eigenvalue weighted by Gasteiger charge is 2.27. The Labute approximate surface area is 156 Å². The molecule has 1 unspecified atom stereocenters. The van der Waals surface area contributed by atoms with Crippen LogP contribution in [0, 0.1) is 0 Å². The summed E-state index contributed by atoms with van der Waals surface area (Å²) < 4.78 is 1.59. The number of fused-ring (bicyclic) bond motifs is 1. The molecular weight excluding hydrogens is 350 g/mol. The second-order valence-corrected chi connectivity index (χ2v) is 6.74. The van der Waals surface area contributed by atoms with Crippen molar-refractivity contribution in [2.45, 2.75) is 38.8 Å². The highest BCUT2D eigenvalue weighted by Crippen LogP contribution is 2.18. The molecule has 0 bridgehead atoms. The normalized spacial score (nSPS) is 17.5. The highest BCUT2D eigenvalue weighted by molar-refractivity contribution is 5.80. The molecule has 2 heterocycles. The summed E-state index contributed by atoms with van der Waals surface area (Å²) in [5.41, 5.74) is 1.55. The molecule has 0 saturated carbocycles. The topological polar surface area (TPSA) is 109 Å². The molecule has 144 valence electrons. The maximum atomic E-state index is 12.7. The van der Waals surface area contributed by atoms with Gasteiger partial charge in [0.05, 0.1) is 5.52 Å². The number of benzene rings is 1. The molecule has 1 saturated heterocycles. The third kappa shape index (κ3) is 4.42. The number of aromatic nitrogens is 3. The quantitative estimate of drug-likeness (QED) is 0.828. The molecule has 9 nitrogen and oxygen atoms in total. The molecule has 1 aliphatic rings. The molecule has 1 aliphatic heterocycles. The van der Waals surface area contributed by atoms with Crippen molar-refractivity contribution in [2.75, 3.05) is 19.6 Å². The minimum atomic E-state index is -1.03. The van der Waals surface area contributed by atoms with Gasteiger partial charge in [-0.05, 0) is 31.4 Å². The number of carboxylic acid groups (broad SMARTS) is 1. The average Bonchev–Trinajstić information content (AvgIpc) is 2.87. The van der Waals surface area contributed by atoms with Crippen molar-refractivity contribution in [3.05, 3.63) is 24.3 Å². The number of para-hydroxylation sites is 1. The van der Waals surface area contributed by atoms with Crippen molar-refractivity contribution in [2.24, 2.45) is 0 Å². The van der Waals surface area contributed by atoms with Crippen molar-refractivity contribution < 1.29 is 19.5 Å². The van der Waals surface area contributed by atoms with Crippen LogP contribution >= 0.6 is 0 Å². The first-order valence-electron chi connectivity index (χ1n) is 9.00. The summed E-state index contributed by atoms with van der Waals surface area (Å²) in [4.78, 5) is 38.7. The number of likely N-dealkylation sites (tertiary alicyclic amines) is 1. The molecule has 1 fully saturated rings. The Morgan fingerprint density at radius 3 is 2.74 bits per heavy atom. The van der Waals surface area contributed by atoms with E-state index in [0.717, 1.165) is 17.5 Å². The van der Waals surface area contributed by atoms with Crippen molar-refractivity contribution >= 4 is 28.8 Å². The summed E-state index contributed by atoms with van der Waals surface area (Å²) in [5.74, 6) is -1.34. The van der Waals surface area contributed by atoms with Gasteiger partial charge in [-0.15, -0.1) is 5.10 Å². The number of carbonyl (C=O) groups is 3. The smallest absolute Gasteiger partial charge is 0.323 e. The van der Waals surface area contributed by atoms with Gasteiger partial charge >= 0.3 is 5.97 Å². The molecule has 9 heteroatoms. The number of nitrogens with zero attached hydrogens (tertiary/aromatic N) is 5. The second kappa shape index (κ2) is 8.15. The lowest BCUT2D eigenvalue weighted by Gasteiger charge is -2.28. The van der Waals surface area contributed by atoms with Gasteiger partial charge in [-0.2, -0.15) is 0 Å². The van der Waals surface area contributed by atoms with Gasteiger partial charge in [0.15, 0.2) is 0 Å². The molecular formula is C18H23N5O4. The van der Waals surface area contributed by atoms with Crippen LogP contribution in [0.4, 0.5) is 0 Å². The number of amides is 2. The number of carboxylic acids is 1. The zero-order valence-corrected chi connectivity index (χ0v) is 15.2. The maximum absolute atomic E-state index is 12.7. The van der Waals surface area contributed by atoms with Gasteiger partial charge in [-0.3, -0.25) is 14.4 Å². The summed E-state index contributed by atoms with van der Waals surface area (Å²) in [6, 6.07) is 7.30. The van der Waals surface area contributed by atoms with Gasteiger partial charge in [-0.1, -0.05) is 17.3 Å². The van der Waals surface area contributed by atoms with Crippen LogP contribution in [-0.4, -0.2) is 73.4 Å². The van der Waals surface area contributed by atoms with Crippen LogP contribution in [0.2, 0.25) is 0 Å². The van der Waals surface area contributed by atoms with Crippen LogP contribution in [0.25, 0.3) is 11.0 Å². The van der Waals surface area contributed by atoms with E-state index in [9.17, 15) is 14.4 Å². The molecule has 1 aromatic carbocycles. The molecule has 2 aromatic rings. The molecule has 0 spiro atoms. The number of hydrogen-bond donors (Lipinski definition) is 1. The number of carbonyl (C=O) groups excluding carboxylic acids is 2. The molecule has 1 aromatic heterocycles. The van der Waals surface area contributed by atoms with Crippen molar-refractivity contribution in [1.29, 1.82) is 0 Å². The maximum Gasteiger partial charge on any atom is 0.323 e. The molecule has 0 radical (unpaired) electrons. The van der Waals surface area contributed by atoms with Crippen LogP contribution in [0.15, 0.2) is 24.3 Å². The molecule has 1 N–H and O–H groups in total. The van der Waals surface area contributed by atoms with Crippen LogP contribution in [0.1, 0.15) is 26.2 Å². The van der Waals surface area contributed by atoms with E-state index in [-0.39, 0.29) is 30.9 Å². The summed E-state index contributed by atoms with van der Waals surface area (Å²) in [7, 11) is 0. The van der Waals surface area contributed by atoms with E-state index in [2.05, 4.69) is 10.3 Å². The Morgan fingerprint density at radius 1 is 1.22 bits per heavy atom. The van der Waals surface area contributed by atoms with E-state index in [1.54, 1.807) is 9.58 Å². The Balaban J connectivity index is 1.64. The van der Waals surface area contributed by atoms with Crippen LogP contribution in [0.3, 0.4) is 0 Å². The summed E-state index contributed by atoms with van der Waals surface area (Å²) in [6.07, 6.45) is 1.97. The minimum absolute atomic E-state index is 0.0566. The first-order valence-corrected chi connectivity index (χ1v) is 9.00. The standard InChI is InChI=1S/C18H23N5O4/c1-13(24)22(12-18(26)27)14-5-4-9-21(10-8-14)17(25)11-23-16-7-3-2-6-15(16)19-20-23/h2-3,6-7,14H,4-5,8-12H2,1H3,(H,26,27). The second-order valence-electron chi connectivity index (χ2n) is 6.74. The largest absolute Gasteiger partial charge is 0.480 e. The van der Waals surface area contributed by atoms with Crippen LogP contribution in [0.5, 0.6) is 0 Å². The zero-order chi connectivity index (χ0) is 19.4. The first kappa shape index (κ1) is 18.8. The fourth-order valence-electron chi connectivity index (χ4n) is 3.55. The Kier molecular flexibility index (Phi) is 5.68. The van der Waals surface area contributed by atoms with Gasteiger partial charge in [0.2, 0.25) is 11.8 Å². The molecule has 1 atom stereocenters. The van der Waals surface area contributed by atoms with Gasteiger partial charge in [0.25, 0.3) is 0 Å². The number of rotatable bonds is 5. The van der Waals surface area contributed by atoms with E-state index in [0.29, 0.717) is 25.9 Å². The lowest BCUT2D eigenvalue weighted by Crippen LogP contribution is -2.43. The van der Waals surface area contributed by atoms with E-state index < -0.39 is 5.97 Å². The third-order valence-corrected chi connectivity index (χ3v) is 4.91. The summed E-state index contributed by atoms with van der Waals surface area (Å²) in [6.45, 7) is 2.25. The molecule has 2 amide bonds. The predicted molar refractivity (Wildman–Crippen MR) is 96.8 cm³/mol. The highest BCUT2D eigenvalue weighted by atomic mass is 16.4. The van der Waals surface area contributed by atoms with Gasteiger partial charge in [-0.25, -0.2) is 4.68 Å². The zero-order valence-electron chi connectivity index (χ0n) is 15.2. The Bertz CT molecular complexity index is 849. The SMILES string of the molecule is CC(=O)N(CC(=O)O)C1CCCN(C(=O)Cn2nnc3ccccc32)CC1. The molecule has 27 heavy (non-hydrogen) atoms. The monoisotopic (exact) mass is 373 g/mol. The fourth-order valence-corrected chi connectivity index (χ4v) is 3.55. The number of aliphatic carboxylic acids is 1. The van der Waals surface area contributed by atoms with E-state index in [4.69, 9.17) is 5.11 Å². The van der Waals surface area contributed by atoms with E-state index in [1.807, 2.05) is 24.3 Å². The van der Waals surface area contributed by atoms with E-state index in [1.165, 1.54) is 11.8 Å². The first-order chi connectivity index (χ1) is 13.0. The summed E-state index contributed by atoms with van der Waals surface area (Å²) in [5, 5.41) is 17.1. The van der Waals surface area contributed by atoms with Crippen molar-refractivity contribution in [3.63, 3.8) is 0 Å². The van der Waals surface area contributed by atoms with Gasteiger partial charge < -0.3 is 14.9 Å². The lowest BCUT2D eigenvalue weighted by molar-refractivity contribution is -0.145. The Morgan fingerprint density at radius 2 is 2.00 bits per heavy atom. The summed E-state index contributed by atoms with van der Waals surface area (Å²) >= 11 is 0. The van der Waals surface area contributed by atoms with Crippen LogP contribution < -0.4 is 0 Å². The predicted octanol–water partition coefficient (Wildman–Crippen LogP) is 0.746. The van der Waals surface area contributed by atoms with Crippen molar-refractivity contribution in [1.82, 2.24) is 24.8 Å². The van der Waals surface area contributed by atoms with Gasteiger partial charge in [0, 0.05) is 26.1 Å². The number of hydrogen-bond acceptors (Lipinski definition) is 5. The fraction of sp³-hybridized carbons (Fsp3) is 0.500. The van der Waals surface area contributed by atoms with Crippen molar-refractivity contribution in [3.8, 4) is 0 Å². The minimum Gasteiger partial charge on any atom is -0.480 e. The third-order valence-electron chi connectivity index (χ3n) is 4.91. The molecule has 3 rings (SSSR count). The lowest BCUT2D eigenvalue weighted by atomic mass is 10.1. The Hall–Kier alpha value is -2.97.